The third kappa shape index (κ3) is 3.39. The SMILES string of the molecule is Cc1cc(CNCC(O)c2ccccc2F)n(C)n1. The number of halogens is 1. The molecule has 0 radical (unpaired) electrons. The molecule has 1 unspecified atom stereocenters. The normalized spacial score (nSPS) is 12.6. The molecular weight excluding hydrogens is 245 g/mol. The Balaban J connectivity index is 1.89. The number of aromatic nitrogens is 2. The van der Waals surface area contributed by atoms with Crippen LogP contribution < -0.4 is 5.32 Å². The van der Waals surface area contributed by atoms with E-state index in [9.17, 15) is 9.50 Å². The maximum absolute atomic E-state index is 13.5. The highest BCUT2D eigenvalue weighted by Crippen LogP contribution is 2.15. The highest BCUT2D eigenvalue weighted by atomic mass is 19.1. The Morgan fingerprint density at radius 2 is 2.16 bits per heavy atom. The number of aliphatic hydroxyl groups is 1. The minimum absolute atomic E-state index is 0.297. The third-order valence-electron chi connectivity index (χ3n) is 3.01. The molecule has 4 nitrogen and oxygen atoms in total. The molecular formula is C14H18FN3O. The maximum atomic E-state index is 13.5. The molecule has 2 aromatic rings. The lowest BCUT2D eigenvalue weighted by molar-refractivity contribution is 0.169. The van der Waals surface area contributed by atoms with Gasteiger partial charge in [-0.2, -0.15) is 5.10 Å². The van der Waals surface area contributed by atoms with Crippen molar-refractivity contribution in [2.75, 3.05) is 6.54 Å². The topological polar surface area (TPSA) is 50.1 Å². The van der Waals surface area contributed by atoms with Crippen molar-refractivity contribution in [3.8, 4) is 0 Å². The summed E-state index contributed by atoms with van der Waals surface area (Å²) < 4.78 is 15.2. The van der Waals surface area contributed by atoms with Crippen molar-refractivity contribution >= 4 is 0 Å². The molecule has 2 rings (SSSR count). The van der Waals surface area contributed by atoms with Gasteiger partial charge in [0, 0.05) is 25.7 Å². The summed E-state index contributed by atoms with van der Waals surface area (Å²) in [6.45, 7) is 2.81. The average Bonchev–Trinajstić information content (AvgIpc) is 2.68. The first kappa shape index (κ1) is 13.7. The predicted molar refractivity (Wildman–Crippen MR) is 71.0 cm³/mol. The van der Waals surface area contributed by atoms with E-state index in [1.165, 1.54) is 6.07 Å². The summed E-state index contributed by atoms with van der Waals surface area (Å²) in [6, 6.07) is 8.24. The van der Waals surface area contributed by atoms with E-state index in [1.54, 1.807) is 22.9 Å². The van der Waals surface area contributed by atoms with E-state index in [-0.39, 0.29) is 5.82 Å². The summed E-state index contributed by atoms with van der Waals surface area (Å²) in [5.74, 6) is -0.381. The lowest BCUT2D eigenvalue weighted by Crippen LogP contribution is -2.22. The Labute approximate surface area is 111 Å². The van der Waals surface area contributed by atoms with E-state index in [4.69, 9.17) is 0 Å². The van der Waals surface area contributed by atoms with E-state index < -0.39 is 6.10 Å². The molecule has 0 amide bonds. The molecule has 102 valence electrons. The van der Waals surface area contributed by atoms with Crippen molar-refractivity contribution in [3.05, 3.63) is 53.1 Å². The van der Waals surface area contributed by atoms with Gasteiger partial charge >= 0.3 is 0 Å². The van der Waals surface area contributed by atoms with Crippen molar-refractivity contribution in [2.24, 2.45) is 7.05 Å². The largest absolute Gasteiger partial charge is 0.387 e. The zero-order chi connectivity index (χ0) is 13.8. The van der Waals surface area contributed by atoms with Gasteiger partial charge in [0.05, 0.1) is 17.5 Å². The van der Waals surface area contributed by atoms with Crippen LogP contribution in [-0.4, -0.2) is 21.4 Å². The summed E-state index contributed by atoms with van der Waals surface area (Å²) in [6.07, 6.45) is -0.851. The van der Waals surface area contributed by atoms with E-state index in [2.05, 4.69) is 10.4 Å². The van der Waals surface area contributed by atoms with Crippen LogP contribution >= 0.6 is 0 Å². The molecule has 1 aromatic carbocycles. The second kappa shape index (κ2) is 5.95. The van der Waals surface area contributed by atoms with Crippen molar-refractivity contribution in [1.82, 2.24) is 15.1 Å². The second-order valence-electron chi connectivity index (χ2n) is 4.57. The first-order valence-electron chi connectivity index (χ1n) is 6.20. The number of nitrogens with one attached hydrogen (secondary N) is 1. The number of hydrogen-bond acceptors (Lipinski definition) is 3. The van der Waals surface area contributed by atoms with Crippen LogP contribution in [0.3, 0.4) is 0 Å². The molecule has 2 N–H and O–H groups in total. The molecule has 0 aliphatic carbocycles. The Kier molecular flexibility index (Phi) is 4.29. The van der Waals surface area contributed by atoms with Crippen molar-refractivity contribution < 1.29 is 9.50 Å². The lowest BCUT2D eigenvalue weighted by atomic mass is 10.1. The van der Waals surface area contributed by atoms with Crippen molar-refractivity contribution in [1.29, 1.82) is 0 Å². The summed E-state index contributed by atoms with van der Waals surface area (Å²) in [4.78, 5) is 0. The van der Waals surface area contributed by atoms with Gasteiger partial charge in [0.2, 0.25) is 0 Å². The van der Waals surface area contributed by atoms with E-state index in [1.807, 2.05) is 20.0 Å². The highest BCUT2D eigenvalue weighted by Gasteiger charge is 2.11. The number of aliphatic hydroxyl groups excluding tert-OH is 1. The molecule has 1 heterocycles. The summed E-state index contributed by atoms with van der Waals surface area (Å²) in [5, 5.41) is 17.3. The summed E-state index contributed by atoms with van der Waals surface area (Å²) in [7, 11) is 1.87. The number of hydrogen-bond donors (Lipinski definition) is 2. The lowest BCUT2D eigenvalue weighted by Gasteiger charge is -2.13. The average molecular weight is 263 g/mol. The monoisotopic (exact) mass is 263 g/mol. The smallest absolute Gasteiger partial charge is 0.129 e. The first-order valence-corrected chi connectivity index (χ1v) is 6.20. The van der Waals surface area contributed by atoms with Crippen LogP contribution in [-0.2, 0) is 13.6 Å². The van der Waals surface area contributed by atoms with Gasteiger partial charge in [-0.15, -0.1) is 0 Å². The van der Waals surface area contributed by atoms with Gasteiger partial charge < -0.3 is 10.4 Å². The van der Waals surface area contributed by atoms with Gasteiger partial charge in [-0.25, -0.2) is 4.39 Å². The van der Waals surface area contributed by atoms with E-state index in [0.717, 1.165) is 11.4 Å². The summed E-state index contributed by atoms with van der Waals surface area (Å²) >= 11 is 0. The van der Waals surface area contributed by atoms with Crippen LogP contribution in [0, 0.1) is 12.7 Å². The predicted octanol–water partition coefficient (Wildman–Crippen LogP) is 1.69. The molecule has 1 atom stereocenters. The Bertz CT molecular complexity index is 553. The minimum atomic E-state index is -0.851. The van der Waals surface area contributed by atoms with Gasteiger partial charge in [-0.1, -0.05) is 18.2 Å². The van der Waals surface area contributed by atoms with Crippen LogP contribution in [0.15, 0.2) is 30.3 Å². The zero-order valence-electron chi connectivity index (χ0n) is 11.1. The van der Waals surface area contributed by atoms with E-state index in [0.29, 0.717) is 18.7 Å². The van der Waals surface area contributed by atoms with Gasteiger partial charge in [-0.05, 0) is 19.1 Å². The molecule has 0 aliphatic heterocycles. The van der Waals surface area contributed by atoms with E-state index >= 15 is 0 Å². The first-order chi connectivity index (χ1) is 9.08. The molecule has 0 aliphatic rings. The molecule has 0 bridgehead atoms. The summed E-state index contributed by atoms with van der Waals surface area (Å²) in [5.41, 5.74) is 2.29. The quantitative estimate of drug-likeness (QED) is 0.863. The molecule has 0 spiro atoms. The van der Waals surface area contributed by atoms with Gasteiger partial charge in [-0.3, -0.25) is 4.68 Å². The number of rotatable bonds is 5. The fraction of sp³-hybridized carbons (Fsp3) is 0.357. The van der Waals surface area contributed by atoms with Crippen LogP contribution in [0.2, 0.25) is 0 Å². The minimum Gasteiger partial charge on any atom is -0.387 e. The van der Waals surface area contributed by atoms with Gasteiger partial charge in [0.1, 0.15) is 5.82 Å². The van der Waals surface area contributed by atoms with Crippen molar-refractivity contribution in [3.63, 3.8) is 0 Å². The Hall–Kier alpha value is -1.72. The second-order valence-corrected chi connectivity index (χ2v) is 4.57. The van der Waals surface area contributed by atoms with Gasteiger partial charge in [0.25, 0.3) is 0 Å². The van der Waals surface area contributed by atoms with Gasteiger partial charge in [0.15, 0.2) is 0 Å². The standard InChI is InChI=1S/C14H18FN3O/c1-10-7-11(18(2)17-10)8-16-9-14(19)12-5-3-4-6-13(12)15/h3-7,14,16,19H,8-9H2,1-2H3. The zero-order valence-corrected chi connectivity index (χ0v) is 11.1. The van der Waals surface area contributed by atoms with Crippen LogP contribution in [0.5, 0.6) is 0 Å². The Morgan fingerprint density at radius 3 is 2.79 bits per heavy atom. The number of nitrogens with zero attached hydrogens (tertiary/aromatic N) is 2. The molecule has 0 saturated carbocycles. The molecule has 5 heteroatoms. The molecule has 19 heavy (non-hydrogen) atoms. The van der Waals surface area contributed by atoms with Crippen LogP contribution in [0.25, 0.3) is 0 Å². The fourth-order valence-corrected chi connectivity index (χ4v) is 2.02. The maximum Gasteiger partial charge on any atom is 0.129 e. The molecule has 1 aromatic heterocycles. The van der Waals surface area contributed by atoms with Crippen LogP contribution in [0.4, 0.5) is 4.39 Å². The Morgan fingerprint density at radius 1 is 1.42 bits per heavy atom. The van der Waals surface area contributed by atoms with Crippen LogP contribution in [0.1, 0.15) is 23.1 Å². The molecule has 0 fully saturated rings. The third-order valence-corrected chi connectivity index (χ3v) is 3.01. The number of benzene rings is 1. The fourth-order valence-electron chi connectivity index (χ4n) is 2.02. The highest BCUT2D eigenvalue weighted by molar-refractivity contribution is 5.20. The molecule has 0 saturated heterocycles. The number of aryl methyl sites for hydroxylation is 2. The van der Waals surface area contributed by atoms with Crippen molar-refractivity contribution in [2.45, 2.75) is 19.6 Å².